The first kappa shape index (κ1) is 23.3. The van der Waals surface area contributed by atoms with Gasteiger partial charge in [0.15, 0.2) is 0 Å². The van der Waals surface area contributed by atoms with Gasteiger partial charge in [-0.25, -0.2) is 4.98 Å². The van der Waals surface area contributed by atoms with Crippen LogP contribution in [0.3, 0.4) is 0 Å². The summed E-state index contributed by atoms with van der Waals surface area (Å²) >= 11 is 1.66. The number of aromatic nitrogens is 2. The summed E-state index contributed by atoms with van der Waals surface area (Å²) in [6, 6.07) is 0. The largest absolute Gasteiger partial charge is 0.389 e. The maximum Gasteiger partial charge on any atom is 0.259 e. The van der Waals surface area contributed by atoms with Gasteiger partial charge in [-0.3, -0.25) is 9.69 Å². The Bertz CT molecular complexity index is 887. The van der Waals surface area contributed by atoms with Gasteiger partial charge in [0, 0.05) is 31.7 Å². The van der Waals surface area contributed by atoms with E-state index in [0.29, 0.717) is 25.5 Å². The summed E-state index contributed by atoms with van der Waals surface area (Å²) in [4.78, 5) is 24.8. The quantitative estimate of drug-likeness (QED) is 0.556. The van der Waals surface area contributed by atoms with Crippen LogP contribution < -0.4 is 5.56 Å². The Morgan fingerprint density at radius 2 is 2.07 bits per heavy atom. The molecule has 7 nitrogen and oxygen atoms in total. The van der Waals surface area contributed by atoms with Gasteiger partial charge in [-0.15, -0.1) is 11.3 Å². The van der Waals surface area contributed by atoms with E-state index in [1.54, 1.807) is 18.4 Å². The fraction of sp³-hybridized carbons (Fsp3) is 0.727. The zero-order valence-electron chi connectivity index (χ0n) is 18.6. The molecule has 0 saturated carbocycles. The first-order chi connectivity index (χ1) is 14.3. The number of hydrogen-bond acceptors (Lipinski definition) is 7. The molecule has 3 rings (SSSR count). The lowest BCUT2D eigenvalue weighted by Gasteiger charge is -2.27. The molecule has 0 amide bonds. The van der Waals surface area contributed by atoms with Gasteiger partial charge in [0.05, 0.1) is 30.2 Å². The van der Waals surface area contributed by atoms with E-state index in [1.807, 2.05) is 20.8 Å². The number of hydrogen-bond donors (Lipinski definition) is 2. The molecule has 2 N–H and O–H groups in total. The summed E-state index contributed by atoms with van der Waals surface area (Å²) in [6.45, 7) is 8.49. The Morgan fingerprint density at radius 1 is 1.30 bits per heavy atom. The third-order valence-corrected chi connectivity index (χ3v) is 6.43. The topological polar surface area (TPSA) is 87.7 Å². The first-order valence-corrected chi connectivity index (χ1v) is 11.6. The number of methoxy groups -OCH3 is 1. The van der Waals surface area contributed by atoms with Crippen LogP contribution in [0.5, 0.6) is 0 Å². The summed E-state index contributed by atoms with van der Waals surface area (Å²) < 4.78 is 10.9. The van der Waals surface area contributed by atoms with Crippen LogP contribution in [0.15, 0.2) is 4.79 Å². The van der Waals surface area contributed by atoms with Crippen LogP contribution in [0, 0.1) is 0 Å². The molecule has 1 atom stereocenters. The summed E-state index contributed by atoms with van der Waals surface area (Å²) in [5.74, 6) is 0.646. The molecule has 0 saturated heterocycles. The lowest BCUT2D eigenvalue weighted by molar-refractivity contribution is -0.0571. The van der Waals surface area contributed by atoms with E-state index in [0.717, 1.165) is 42.4 Å². The van der Waals surface area contributed by atoms with Crippen LogP contribution in [0.25, 0.3) is 10.2 Å². The van der Waals surface area contributed by atoms with Crippen LogP contribution in [0.4, 0.5) is 0 Å². The average molecular weight is 438 g/mol. The van der Waals surface area contributed by atoms with E-state index < -0.39 is 6.10 Å². The highest BCUT2D eigenvalue weighted by molar-refractivity contribution is 7.18. The van der Waals surface area contributed by atoms with E-state index in [-0.39, 0.29) is 17.8 Å². The average Bonchev–Trinajstić information content (AvgIpc) is 3.04. The molecule has 1 unspecified atom stereocenters. The van der Waals surface area contributed by atoms with Crippen molar-refractivity contribution < 1.29 is 14.6 Å². The zero-order chi connectivity index (χ0) is 21.7. The number of fused-ring (bicyclic) bond motifs is 3. The van der Waals surface area contributed by atoms with Crippen LogP contribution in [0.2, 0.25) is 0 Å². The Hall–Kier alpha value is -1.32. The van der Waals surface area contributed by atoms with E-state index in [4.69, 9.17) is 14.5 Å². The van der Waals surface area contributed by atoms with Gasteiger partial charge in [-0.2, -0.15) is 0 Å². The minimum atomic E-state index is -0.615. The van der Waals surface area contributed by atoms with E-state index in [1.165, 1.54) is 16.9 Å². The molecule has 2 aromatic rings. The Labute approximate surface area is 182 Å². The van der Waals surface area contributed by atoms with E-state index >= 15 is 0 Å². The van der Waals surface area contributed by atoms with Crippen molar-refractivity contribution in [3.8, 4) is 0 Å². The normalized spacial score (nSPS) is 15.7. The Kier molecular flexibility index (Phi) is 8.04. The van der Waals surface area contributed by atoms with Gasteiger partial charge in [0.1, 0.15) is 10.7 Å². The van der Waals surface area contributed by atoms with E-state index in [9.17, 15) is 9.90 Å². The molecule has 0 bridgehead atoms. The molecular weight excluding hydrogens is 402 g/mol. The smallest absolute Gasteiger partial charge is 0.259 e. The number of aromatic amines is 1. The number of ether oxygens (including phenoxy) is 2. The summed E-state index contributed by atoms with van der Waals surface area (Å²) in [6.07, 6.45) is 4.57. The fourth-order valence-electron chi connectivity index (χ4n) is 3.86. The molecule has 2 heterocycles. The monoisotopic (exact) mass is 437 g/mol. The lowest BCUT2D eigenvalue weighted by Crippen LogP contribution is -2.38. The molecular formula is C22H35N3O4S. The van der Waals surface area contributed by atoms with Gasteiger partial charge in [0.2, 0.25) is 0 Å². The summed E-state index contributed by atoms with van der Waals surface area (Å²) in [7, 11) is 1.68. The molecule has 0 radical (unpaired) electrons. The molecule has 0 fully saturated rings. The van der Waals surface area contributed by atoms with Gasteiger partial charge in [-0.05, 0) is 58.4 Å². The molecule has 0 aliphatic heterocycles. The lowest BCUT2D eigenvalue weighted by atomic mass is 9.97. The van der Waals surface area contributed by atoms with Gasteiger partial charge in [0.25, 0.3) is 5.56 Å². The number of aliphatic hydroxyl groups is 1. The second-order valence-corrected chi connectivity index (χ2v) is 10.1. The summed E-state index contributed by atoms with van der Waals surface area (Å²) in [5.41, 5.74) is 0.869. The van der Waals surface area contributed by atoms with Gasteiger partial charge >= 0.3 is 0 Å². The third-order valence-electron chi connectivity index (χ3n) is 5.25. The minimum Gasteiger partial charge on any atom is -0.389 e. The minimum absolute atomic E-state index is 0.0390. The summed E-state index contributed by atoms with van der Waals surface area (Å²) in [5, 5.41) is 11.2. The molecule has 8 heteroatoms. The molecule has 1 aliphatic carbocycles. The predicted molar refractivity (Wildman–Crippen MR) is 120 cm³/mol. The highest BCUT2D eigenvalue weighted by Crippen LogP contribution is 2.33. The first-order valence-electron chi connectivity index (χ1n) is 10.8. The molecule has 30 heavy (non-hydrogen) atoms. The SMILES string of the molecule is COCCCN(Cc1nc2sc3c(c2c(=O)[nH]1)CCCC3)CC(O)COC(C)(C)C. The highest BCUT2D eigenvalue weighted by Gasteiger charge is 2.21. The Morgan fingerprint density at radius 3 is 2.80 bits per heavy atom. The van der Waals surface area contributed by atoms with Crippen molar-refractivity contribution in [3.63, 3.8) is 0 Å². The van der Waals surface area contributed by atoms with Crippen LogP contribution in [-0.2, 0) is 28.9 Å². The van der Waals surface area contributed by atoms with Crippen molar-refractivity contribution in [3.05, 3.63) is 26.6 Å². The second kappa shape index (κ2) is 10.3. The van der Waals surface area contributed by atoms with Crippen molar-refractivity contribution in [2.75, 3.05) is 33.4 Å². The van der Waals surface area contributed by atoms with Crippen molar-refractivity contribution in [1.82, 2.24) is 14.9 Å². The van der Waals surface area contributed by atoms with Crippen LogP contribution in [0.1, 0.15) is 56.3 Å². The van der Waals surface area contributed by atoms with Crippen molar-refractivity contribution >= 4 is 21.6 Å². The van der Waals surface area contributed by atoms with Gasteiger partial charge < -0.3 is 19.6 Å². The Balaban J connectivity index is 1.74. The van der Waals surface area contributed by atoms with Gasteiger partial charge in [-0.1, -0.05) is 0 Å². The van der Waals surface area contributed by atoms with Crippen LogP contribution in [-0.4, -0.2) is 65.1 Å². The third kappa shape index (κ3) is 6.34. The number of H-pyrrole nitrogens is 1. The molecule has 0 spiro atoms. The standard InChI is InChI=1S/C22H35N3O4S/c1-22(2,3)29-14-15(26)12-25(10-7-11-28-4)13-18-23-20(27)19-16-8-5-6-9-17(16)30-21(19)24-18/h15,26H,5-14H2,1-4H3,(H,23,24,27). The zero-order valence-corrected chi connectivity index (χ0v) is 19.4. The van der Waals surface area contributed by atoms with Crippen molar-refractivity contribution in [2.24, 2.45) is 0 Å². The highest BCUT2D eigenvalue weighted by atomic mass is 32.1. The number of thiophene rings is 1. The maximum atomic E-state index is 12.8. The predicted octanol–water partition coefficient (Wildman–Crippen LogP) is 2.88. The van der Waals surface area contributed by atoms with Crippen molar-refractivity contribution in [2.45, 2.75) is 71.1 Å². The molecule has 2 aromatic heterocycles. The number of nitrogens with zero attached hydrogens (tertiary/aromatic N) is 2. The van der Waals surface area contributed by atoms with Crippen molar-refractivity contribution in [1.29, 1.82) is 0 Å². The molecule has 1 aliphatic rings. The molecule has 0 aromatic carbocycles. The number of aryl methyl sites for hydroxylation is 2. The second-order valence-electron chi connectivity index (χ2n) is 9.06. The maximum absolute atomic E-state index is 12.8. The van der Waals surface area contributed by atoms with Crippen LogP contribution >= 0.6 is 11.3 Å². The van der Waals surface area contributed by atoms with E-state index in [2.05, 4.69) is 9.88 Å². The number of nitrogens with one attached hydrogen (secondary N) is 1. The molecule has 168 valence electrons. The fourth-order valence-corrected chi connectivity index (χ4v) is 5.14. The number of rotatable bonds is 10. The number of aliphatic hydroxyl groups excluding tert-OH is 1.